The molecule has 0 spiro atoms. The van der Waals surface area contributed by atoms with Crippen molar-refractivity contribution in [3.05, 3.63) is 59.8 Å². The van der Waals surface area contributed by atoms with Crippen LogP contribution in [0, 0.1) is 6.92 Å². The Bertz CT molecular complexity index is 779. The molecular formula is C18H18N2O. The van der Waals surface area contributed by atoms with E-state index in [9.17, 15) is 0 Å². The Balaban J connectivity index is 2.04. The molecule has 0 unspecified atom stereocenters. The lowest BCUT2D eigenvalue weighted by molar-refractivity contribution is 0.487. The van der Waals surface area contributed by atoms with Gasteiger partial charge in [0.15, 0.2) is 0 Å². The fourth-order valence-electron chi connectivity index (χ4n) is 2.34. The van der Waals surface area contributed by atoms with Crippen molar-refractivity contribution in [3.8, 4) is 11.5 Å². The summed E-state index contributed by atoms with van der Waals surface area (Å²) in [7, 11) is 0. The average Bonchev–Trinajstić information content (AvgIpc) is 2.49. The summed E-state index contributed by atoms with van der Waals surface area (Å²) in [6.45, 7) is 4.10. The predicted molar refractivity (Wildman–Crippen MR) is 86.8 cm³/mol. The van der Waals surface area contributed by atoms with E-state index in [1.165, 1.54) is 5.56 Å². The van der Waals surface area contributed by atoms with Crippen LogP contribution in [0.4, 0.5) is 5.69 Å². The summed E-state index contributed by atoms with van der Waals surface area (Å²) < 4.78 is 6.03. The number of pyridine rings is 1. The zero-order valence-electron chi connectivity index (χ0n) is 12.3. The van der Waals surface area contributed by atoms with Gasteiger partial charge in [-0.05, 0) is 49.2 Å². The molecule has 3 nitrogen and oxygen atoms in total. The maximum Gasteiger partial charge on any atom is 0.138 e. The molecule has 0 saturated heterocycles. The second-order valence-electron chi connectivity index (χ2n) is 5.14. The molecule has 0 radical (unpaired) electrons. The summed E-state index contributed by atoms with van der Waals surface area (Å²) in [5.74, 6) is 1.61. The van der Waals surface area contributed by atoms with Gasteiger partial charge in [0.1, 0.15) is 11.5 Å². The first-order valence-corrected chi connectivity index (χ1v) is 7.09. The number of hydrogen-bond acceptors (Lipinski definition) is 3. The van der Waals surface area contributed by atoms with Gasteiger partial charge in [-0.25, -0.2) is 0 Å². The summed E-state index contributed by atoms with van der Waals surface area (Å²) in [6.07, 6.45) is 1.02. The number of anilines is 1. The standard InChI is InChI=1S/C18H18N2O/c1-3-13-4-7-15(8-5-13)21-18-10-12(2)20-17-9-6-14(19)11-16(17)18/h4-11H,3,19H2,1-2H3. The van der Waals surface area contributed by atoms with Gasteiger partial charge in [-0.15, -0.1) is 0 Å². The number of fused-ring (bicyclic) bond motifs is 1. The average molecular weight is 278 g/mol. The Morgan fingerprint density at radius 2 is 1.81 bits per heavy atom. The van der Waals surface area contributed by atoms with Crippen LogP contribution in [0.3, 0.4) is 0 Å². The van der Waals surface area contributed by atoms with Crippen LogP contribution in [-0.2, 0) is 6.42 Å². The molecule has 0 atom stereocenters. The first kappa shape index (κ1) is 13.4. The van der Waals surface area contributed by atoms with E-state index < -0.39 is 0 Å². The van der Waals surface area contributed by atoms with Crippen molar-refractivity contribution < 1.29 is 4.74 Å². The van der Waals surface area contributed by atoms with E-state index in [2.05, 4.69) is 24.0 Å². The first-order chi connectivity index (χ1) is 10.2. The summed E-state index contributed by atoms with van der Waals surface area (Å²) in [4.78, 5) is 4.51. The second kappa shape index (κ2) is 5.44. The van der Waals surface area contributed by atoms with E-state index in [1.54, 1.807) is 0 Å². The number of ether oxygens (including phenoxy) is 1. The molecule has 0 aliphatic rings. The number of nitrogens with two attached hydrogens (primary N) is 1. The van der Waals surface area contributed by atoms with Crippen molar-refractivity contribution in [1.29, 1.82) is 0 Å². The van der Waals surface area contributed by atoms with Crippen LogP contribution < -0.4 is 10.5 Å². The molecule has 2 N–H and O–H groups in total. The Morgan fingerprint density at radius 1 is 1.05 bits per heavy atom. The summed E-state index contributed by atoms with van der Waals surface area (Å²) in [5.41, 5.74) is 9.70. The number of nitrogen functional groups attached to an aromatic ring is 1. The van der Waals surface area contributed by atoms with Crippen molar-refractivity contribution in [3.63, 3.8) is 0 Å². The maximum atomic E-state index is 6.03. The third-order valence-electron chi connectivity index (χ3n) is 3.48. The van der Waals surface area contributed by atoms with Crippen LogP contribution in [0.1, 0.15) is 18.2 Å². The van der Waals surface area contributed by atoms with E-state index >= 15 is 0 Å². The fraction of sp³-hybridized carbons (Fsp3) is 0.167. The van der Waals surface area contributed by atoms with E-state index in [1.807, 2.05) is 43.3 Å². The number of aromatic nitrogens is 1. The zero-order valence-corrected chi connectivity index (χ0v) is 12.3. The normalized spacial score (nSPS) is 10.8. The van der Waals surface area contributed by atoms with Gasteiger partial charge in [-0.3, -0.25) is 4.98 Å². The minimum Gasteiger partial charge on any atom is -0.457 e. The monoisotopic (exact) mass is 278 g/mol. The third-order valence-corrected chi connectivity index (χ3v) is 3.48. The minimum absolute atomic E-state index is 0.708. The van der Waals surface area contributed by atoms with Gasteiger partial charge in [0.05, 0.1) is 5.52 Å². The highest BCUT2D eigenvalue weighted by Gasteiger charge is 2.07. The van der Waals surface area contributed by atoms with Gasteiger partial charge >= 0.3 is 0 Å². The predicted octanol–water partition coefficient (Wildman–Crippen LogP) is 4.48. The van der Waals surface area contributed by atoms with E-state index in [-0.39, 0.29) is 0 Å². The van der Waals surface area contributed by atoms with Crippen molar-refractivity contribution in [2.24, 2.45) is 0 Å². The number of benzene rings is 2. The van der Waals surface area contributed by atoms with Crippen LogP contribution in [0.5, 0.6) is 11.5 Å². The Hall–Kier alpha value is -2.55. The SMILES string of the molecule is CCc1ccc(Oc2cc(C)nc3ccc(N)cc23)cc1. The van der Waals surface area contributed by atoms with E-state index in [0.717, 1.165) is 34.5 Å². The molecule has 21 heavy (non-hydrogen) atoms. The number of nitrogens with zero attached hydrogens (tertiary/aromatic N) is 1. The quantitative estimate of drug-likeness (QED) is 0.718. The molecule has 0 aliphatic carbocycles. The molecule has 0 bridgehead atoms. The smallest absolute Gasteiger partial charge is 0.138 e. The molecule has 3 heteroatoms. The minimum atomic E-state index is 0.708. The highest BCUT2D eigenvalue weighted by atomic mass is 16.5. The molecular weight excluding hydrogens is 260 g/mol. The molecule has 3 rings (SSSR count). The van der Waals surface area contributed by atoms with Gasteiger partial charge in [-0.1, -0.05) is 19.1 Å². The largest absolute Gasteiger partial charge is 0.457 e. The highest BCUT2D eigenvalue weighted by molar-refractivity contribution is 5.88. The number of hydrogen-bond donors (Lipinski definition) is 1. The van der Waals surface area contributed by atoms with Gasteiger partial charge in [0.2, 0.25) is 0 Å². The molecule has 0 fully saturated rings. The van der Waals surface area contributed by atoms with Gasteiger partial charge in [0, 0.05) is 22.8 Å². The molecule has 1 heterocycles. The molecule has 3 aromatic rings. The van der Waals surface area contributed by atoms with Crippen molar-refractivity contribution in [2.45, 2.75) is 20.3 Å². The lowest BCUT2D eigenvalue weighted by atomic mass is 10.1. The third kappa shape index (κ3) is 2.82. The number of rotatable bonds is 3. The lowest BCUT2D eigenvalue weighted by Gasteiger charge is -2.11. The van der Waals surface area contributed by atoms with Crippen LogP contribution in [0.2, 0.25) is 0 Å². The maximum absolute atomic E-state index is 6.03. The zero-order chi connectivity index (χ0) is 14.8. The fourth-order valence-corrected chi connectivity index (χ4v) is 2.34. The van der Waals surface area contributed by atoms with Gasteiger partial charge in [0.25, 0.3) is 0 Å². The first-order valence-electron chi connectivity index (χ1n) is 7.09. The second-order valence-corrected chi connectivity index (χ2v) is 5.14. The summed E-state index contributed by atoms with van der Waals surface area (Å²) in [5, 5.41) is 0.931. The van der Waals surface area contributed by atoms with Crippen LogP contribution in [0.25, 0.3) is 10.9 Å². The van der Waals surface area contributed by atoms with Crippen LogP contribution in [0.15, 0.2) is 48.5 Å². The molecule has 0 amide bonds. The molecule has 106 valence electrons. The Kier molecular flexibility index (Phi) is 3.48. The highest BCUT2D eigenvalue weighted by Crippen LogP contribution is 2.31. The van der Waals surface area contributed by atoms with Crippen molar-refractivity contribution in [1.82, 2.24) is 4.98 Å². The number of aryl methyl sites for hydroxylation is 2. The molecule has 1 aromatic heterocycles. The van der Waals surface area contributed by atoms with Gasteiger partial charge < -0.3 is 10.5 Å². The van der Waals surface area contributed by atoms with E-state index in [0.29, 0.717) is 5.69 Å². The molecule has 0 aliphatic heterocycles. The van der Waals surface area contributed by atoms with E-state index in [4.69, 9.17) is 10.5 Å². The summed E-state index contributed by atoms with van der Waals surface area (Å²) in [6, 6.07) is 15.8. The van der Waals surface area contributed by atoms with Crippen LogP contribution in [-0.4, -0.2) is 4.98 Å². The topological polar surface area (TPSA) is 48.1 Å². The van der Waals surface area contributed by atoms with Gasteiger partial charge in [-0.2, -0.15) is 0 Å². The molecule has 0 saturated carbocycles. The Morgan fingerprint density at radius 3 is 2.52 bits per heavy atom. The molecule has 2 aromatic carbocycles. The Labute approximate surface area is 124 Å². The van der Waals surface area contributed by atoms with Crippen LogP contribution >= 0.6 is 0 Å². The van der Waals surface area contributed by atoms with Crippen molar-refractivity contribution >= 4 is 16.6 Å². The summed E-state index contributed by atoms with van der Waals surface area (Å²) >= 11 is 0. The van der Waals surface area contributed by atoms with Crippen molar-refractivity contribution in [2.75, 3.05) is 5.73 Å². The lowest BCUT2D eigenvalue weighted by Crippen LogP contribution is -1.92.